The zero-order valence-electron chi connectivity index (χ0n) is 4.85. The number of rotatable bonds is 0. The summed E-state index contributed by atoms with van der Waals surface area (Å²) in [5, 5.41) is 0. The van der Waals surface area contributed by atoms with Crippen molar-refractivity contribution in [1.29, 1.82) is 0 Å². The summed E-state index contributed by atoms with van der Waals surface area (Å²) in [4.78, 5) is 2.29. The Hall–Kier alpha value is -0.0400. The lowest BCUT2D eigenvalue weighted by molar-refractivity contribution is 0.355. The molecule has 1 atom stereocenters. The highest BCUT2D eigenvalue weighted by atomic mass is 15.1. The van der Waals surface area contributed by atoms with E-state index in [4.69, 9.17) is 0 Å². The van der Waals surface area contributed by atoms with E-state index in [9.17, 15) is 0 Å². The summed E-state index contributed by atoms with van der Waals surface area (Å²) in [5.74, 6) is 0. The van der Waals surface area contributed by atoms with Gasteiger partial charge in [0.1, 0.15) is 0 Å². The van der Waals surface area contributed by atoms with Gasteiger partial charge in [-0.15, -0.1) is 0 Å². The lowest BCUT2D eigenvalue weighted by Gasteiger charge is -2.11. The lowest BCUT2D eigenvalue weighted by atomic mass is 10.3. The molecule has 1 rings (SSSR count). The van der Waals surface area contributed by atoms with Gasteiger partial charge in [-0.1, -0.05) is 0 Å². The van der Waals surface area contributed by atoms with Gasteiger partial charge in [0.25, 0.3) is 0 Å². The molecular weight excluding hydrogens is 86.1 g/mol. The van der Waals surface area contributed by atoms with Crippen molar-refractivity contribution in [1.82, 2.24) is 4.90 Å². The van der Waals surface area contributed by atoms with Gasteiger partial charge in [-0.05, 0) is 33.4 Å². The molecule has 1 nitrogen and oxygen atoms in total. The summed E-state index contributed by atoms with van der Waals surface area (Å²) in [6.45, 7) is 5.19. The van der Waals surface area contributed by atoms with Crippen molar-refractivity contribution in [2.24, 2.45) is 0 Å². The van der Waals surface area contributed by atoms with Crippen LogP contribution in [-0.2, 0) is 0 Å². The molecule has 1 heterocycles. The summed E-state index contributed by atoms with van der Waals surface area (Å²) >= 11 is 0. The summed E-state index contributed by atoms with van der Waals surface area (Å²) in [7, 11) is 2.13. The highest BCUT2D eigenvalue weighted by Gasteiger charge is 2.14. The Labute approximate surface area is 45.3 Å². The second-order valence-corrected chi connectivity index (χ2v) is 2.28. The van der Waals surface area contributed by atoms with Crippen LogP contribution >= 0.6 is 0 Å². The first-order valence-electron chi connectivity index (χ1n) is 2.84. The molecule has 0 aromatic rings. The Balaban J connectivity index is 2.33. The zero-order valence-corrected chi connectivity index (χ0v) is 4.85. The van der Waals surface area contributed by atoms with E-state index in [0.717, 1.165) is 0 Å². The SMILES string of the molecule is [CH2][C@@H]1CCCN1C. The van der Waals surface area contributed by atoms with Gasteiger partial charge in [-0.2, -0.15) is 0 Å². The van der Waals surface area contributed by atoms with Crippen LogP contribution in [0.4, 0.5) is 0 Å². The van der Waals surface area contributed by atoms with Crippen LogP contribution in [0.15, 0.2) is 0 Å². The van der Waals surface area contributed by atoms with Gasteiger partial charge >= 0.3 is 0 Å². The van der Waals surface area contributed by atoms with Gasteiger partial charge in [0.05, 0.1) is 0 Å². The molecule has 0 amide bonds. The summed E-state index contributed by atoms with van der Waals surface area (Å²) < 4.78 is 0. The minimum atomic E-state index is 0.597. The van der Waals surface area contributed by atoms with E-state index in [0.29, 0.717) is 6.04 Å². The van der Waals surface area contributed by atoms with Crippen molar-refractivity contribution in [2.45, 2.75) is 18.9 Å². The summed E-state index contributed by atoms with van der Waals surface area (Å²) in [5.41, 5.74) is 0. The van der Waals surface area contributed by atoms with Crippen LogP contribution in [0.25, 0.3) is 0 Å². The number of likely N-dealkylation sites (tertiary alicyclic amines) is 1. The Kier molecular flexibility index (Phi) is 1.33. The third-order valence-electron chi connectivity index (χ3n) is 1.67. The molecule has 0 saturated carbocycles. The van der Waals surface area contributed by atoms with Gasteiger partial charge in [0, 0.05) is 6.04 Å². The Bertz CT molecular complexity index is 53.2. The number of hydrogen-bond donors (Lipinski definition) is 0. The Morgan fingerprint density at radius 2 is 2.43 bits per heavy atom. The maximum atomic E-state index is 3.94. The molecule has 0 spiro atoms. The highest BCUT2D eigenvalue weighted by molar-refractivity contribution is 4.77. The fourth-order valence-electron chi connectivity index (χ4n) is 0.979. The maximum absolute atomic E-state index is 3.94. The fraction of sp³-hybridized carbons (Fsp3) is 0.833. The molecule has 1 radical (unpaired) electrons. The van der Waals surface area contributed by atoms with Crippen LogP contribution < -0.4 is 0 Å². The van der Waals surface area contributed by atoms with Gasteiger partial charge in [0.2, 0.25) is 0 Å². The molecule has 0 N–H and O–H groups in total. The second kappa shape index (κ2) is 1.83. The highest BCUT2D eigenvalue weighted by Crippen LogP contribution is 2.11. The van der Waals surface area contributed by atoms with E-state index in [1.165, 1.54) is 19.4 Å². The predicted octanol–water partition coefficient (Wildman–Crippen LogP) is 0.915. The van der Waals surface area contributed by atoms with E-state index in [1.807, 2.05) is 0 Å². The summed E-state index contributed by atoms with van der Waals surface area (Å²) in [6.07, 6.45) is 2.63. The van der Waals surface area contributed by atoms with Crippen LogP contribution in [-0.4, -0.2) is 24.5 Å². The van der Waals surface area contributed by atoms with Crippen molar-refractivity contribution in [3.63, 3.8) is 0 Å². The van der Waals surface area contributed by atoms with Crippen molar-refractivity contribution in [3.8, 4) is 0 Å². The third-order valence-corrected chi connectivity index (χ3v) is 1.67. The van der Waals surface area contributed by atoms with Crippen molar-refractivity contribution in [2.75, 3.05) is 13.6 Å². The Morgan fingerprint density at radius 3 is 2.57 bits per heavy atom. The summed E-state index contributed by atoms with van der Waals surface area (Å²) in [6, 6.07) is 0.597. The maximum Gasteiger partial charge on any atom is 0.00932 e. The third kappa shape index (κ3) is 0.942. The number of nitrogens with zero attached hydrogens (tertiary/aromatic N) is 1. The molecule has 1 aliphatic rings. The average molecular weight is 98.2 g/mol. The van der Waals surface area contributed by atoms with Crippen LogP contribution in [0, 0.1) is 6.92 Å². The van der Waals surface area contributed by atoms with E-state index in [2.05, 4.69) is 18.9 Å². The van der Waals surface area contributed by atoms with Gasteiger partial charge in [0.15, 0.2) is 0 Å². The zero-order chi connectivity index (χ0) is 5.28. The quantitative estimate of drug-likeness (QED) is 0.435. The lowest BCUT2D eigenvalue weighted by Crippen LogP contribution is -2.21. The number of hydrogen-bond acceptors (Lipinski definition) is 1. The van der Waals surface area contributed by atoms with Crippen LogP contribution in [0.2, 0.25) is 0 Å². The molecule has 41 valence electrons. The largest absolute Gasteiger partial charge is 0.303 e. The standard InChI is InChI=1S/C6H12N/c1-6-4-3-5-7(6)2/h6H,1,3-5H2,2H3/t6-/m1/s1. The first kappa shape index (κ1) is 5.10. The molecule has 0 unspecified atom stereocenters. The monoisotopic (exact) mass is 98.1 g/mol. The molecule has 1 saturated heterocycles. The molecule has 0 aromatic heterocycles. The van der Waals surface area contributed by atoms with Crippen molar-refractivity contribution >= 4 is 0 Å². The van der Waals surface area contributed by atoms with E-state index in [-0.39, 0.29) is 0 Å². The van der Waals surface area contributed by atoms with E-state index >= 15 is 0 Å². The topological polar surface area (TPSA) is 3.24 Å². The van der Waals surface area contributed by atoms with Crippen molar-refractivity contribution < 1.29 is 0 Å². The first-order valence-corrected chi connectivity index (χ1v) is 2.84. The molecule has 0 bridgehead atoms. The van der Waals surface area contributed by atoms with Gasteiger partial charge < -0.3 is 4.90 Å². The minimum absolute atomic E-state index is 0.597. The molecular formula is C6H12N. The van der Waals surface area contributed by atoms with Crippen LogP contribution in [0.5, 0.6) is 0 Å². The minimum Gasteiger partial charge on any atom is -0.303 e. The van der Waals surface area contributed by atoms with Crippen LogP contribution in [0.1, 0.15) is 12.8 Å². The van der Waals surface area contributed by atoms with Gasteiger partial charge in [-0.25, -0.2) is 0 Å². The first-order chi connectivity index (χ1) is 3.30. The molecule has 1 fully saturated rings. The van der Waals surface area contributed by atoms with E-state index in [1.54, 1.807) is 0 Å². The molecule has 0 aromatic carbocycles. The predicted molar refractivity (Wildman–Crippen MR) is 31.0 cm³/mol. The van der Waals surface area contributed by atoms with E-state index < -0.39 is 0 Å². The van der Waals surface area contributed by atoms with Gasteiger partial charge in [-0.3, -0.25) is 0 Å². The fourth-order valence-corrected chi connectivity index (χ4v) is 0.979. The molecule has 7 heavy (non-hydrogen) atoms. The normalized spacial score (nSPS) is 34.3. The smallest absolute Gasteiger partial charge is 0.00932 e. The Morgan fingerprint density at radius 1 is 1.71 bits per heavy atom. The molecule has 1 heteroatoms. The molecule has 0 aliphatic carbocycles. The average Bonchev–Trinajstić information content (AvgIpc) is 1.91. The van der Waals surface area contributed by atoms with Crippen LogP contribution in [0.3, 0.4) is 0 Å². The second-order valence-electron chi connectivity index (χ2n) is 2.28. The van der Waals surface area contributed by atoms with Crippen molar-refractivity contribution in [3.05, 3.63) is 6.92 Å². The molecule has 1 aliphatic heterocycles.